The highest BCUT2D eigenvalue weighted by Gasteiger charge is 2.29. The molecule has 4 aromatic rings. The largest absolute Gasteiger partial charge is 0.492 e. The zero-order valence-electron chi connectivity index (χ0n) is 20.4. The lowest BCUT2D eigenvalue weighted by molar-refractivity contribution is -0.136. The van der Waals surface area contributed by atoms with Crippen molar-refractivity contribution in [2.45, 2.75) is 46.1 Å². The van der Waals surface area contributed by atoms with Crippen molar-refractivity contribution in [2.24, 2.45) is 0 Å². The van der Waals surface area contributed by atoms with Crippen LogP contribution >= 0.6 is 0 Å². The Morgan fingerprint density at radius 2 is 1.97 bits per heavy atom. The molecule has 5 rings (SSSR count). The number of benzene rings is 3. The lowest BCUT2D eigenvalue weighted by atomic mass is 9.85. The highest BCUT2D eigenvalue weighted by molar-refractivity contribution is 6.10. The molecule has 3 aromatic carbocycles. The number of ether oxygens (including phenoxy) is 2. The summed E-state index contributed by atoms with van der Waals surface area (Å²) in [6, 6.07) is 11.9. The van der Waals surface area contributed by atoms with Gasteiger partial charge in [0.05, 0.1) is 24.1 Å². The molecule has 35 heavy (non-hydrogen) atoms. The summed E-state index contributed by atoms with van der Waals surface area (Å²) < 4.78 is 26.2. The van der Waals surface area contributed by atoms with E-state index in [-0.39, 0.29) is 6.42 Å². The van der Waals surface area contributed by atoms with Crippen molar-refractivity contribution in [3.05, 3.63) is 64.8 Å². The van der Waals surface area contributed by atoms with Crippen LogP contribution < -0.4 is 9.47 Å². The number of aliphatic carboxylic acids is 1. The predicted molar refractivity (Wildman–Crippen MR) is 135 cm³/mol. The van der Waals surface area contributed by atoms with Gasteiger partial charge in [-0.2, -0.15) is 0 Å². The third-order valence-electron chi connectivity index (χ3n) is 6.57. The molecule has 0 bridgehead atoms. The summed E-state index contributed by atoms with van der Waals surface area (Å²) in [5.74, 6) is 0.155. The van der Waals surface area contributed by atoms with E-state index in [4.69, 9.17) is 14.5 Å². The number of aromatic nitrogens is 1. The molecule has 6 heteroatoms. The number of alkyl halides is 1. The molecule has 0 aliphatic carbocycles. The van der Waals surface area contributed by atoms with Crippen LogP contribution in [-0.4, -0.2) is 34.9 Å². The highest BCUT2D eigenvalue weighted by Crippen LogP contribution is 2.48. The van der Waals surface area contributed by atoms with Gasteiger partial charge in [-0.1, -0.05) is 29.8 Å². The standard InChI is InChI=1S/C29H28FNO4/c1-16-5-6-20-19(11-16)12-17(2)21(13-24(32)33)26(20)27-23(35-29(3,4)15-30)14-22-25-18(8-10-34-22)7-9-31-28(25)27/h5-7,9,11-12,14H,8,10,13,15H2,1-4H3,(H,32,33). The van der Waals surface area contributed by atoms with Crippen LogP contribution in [0.2, 0.25) is 0 Å². The summed E-state index contributed by atoms with van der Waals surface area (Å²) in [5, 5.41) is 12.6. The lowest BCUT2D eigenvalue weighted by Crippen LogP contribution is -2.31. The number of nitrogens with zero attached hydrogens (tertiary/aromatic N) is 1. The molecule has 1 N–H and O–H groups in total. The number of fused-ring (bicyclic) bond motifs is 1. The molecule has 0 unspecified atom stereocenters. The van der Waals surface area contributed by atoms with Crippen LogP contribution in [0.1, 0.15) is 36.1 Å². The Morgan fingerprint density at radius 1 is 1.17 bits per heavy atom. The Bertz CT molecular complexity index is 1490. The first-order valence-electron chi connectivity index (χ1n) is 11.8. The minimum atomic E-state index is -1.09. The van der Waals surface area contributed by atoms with Crippen LogP contribution in [0.15, 0.2) is 42.6 Å². The van der Waals surface area contributed by atoms with Crippen molar-refractivity contribution in [1.82, 2.24) is 4.98 Å². The van der Waals surface area contributed by atoms with E-state index in [9.17, 15) is 14.3 Å². The third kappa shape index (κ3) is 4.07. The van der Waals surface area contributed by atoms with E-state index < -0.39 is 18.2 Å². The topological polar surface area (TPSA) is 68.7 Å². The van der Waals surface area contributed by atoms with Crippen molar-refractivity contribution in [3.8, 4) is 22.6 Å². The van der Waals surface area contributed by atoms with E-state index in [0.29, 0.717) is 34.7 Å². The maximum atomic E-state index is 13.9. The van der Waals surface area contributed by atoms with Gasteiger partial charge < -0.3 is 14.6 Å². The van der Waals surface area contributed by atoms with Crippen LogP contribution in [0.25, 0.3) is 32.8 Å². The molecule has 180 valence electrons. The molecule has 5 nitrogen and oxygen atoms in total. The molecule has 0 saturated heterocycles. The third-order valence-corrected chi connectivity index (χ3v) is 6.57. The summed E-state index contributed by atoms with van der Waals surface area (Å²) in [4.78, 5) is 16.7. The molecule has 0 radical (unpaired) electrons. The van der Waals surface area contributed by atoms with Crippen LogP contribution in [0.4, 0.5) is 4.39 Å². The zero-order valence-corrected chi connectivity index (χ0v) is 20.4. The van der Waals surface area contributed by atoms with Gasteiger partial charge >= 0.3 is 5.97 Å². The van der Waals surface area contributed by atoms with Gasteiger partial charge in [-0.05, 0) is 66.8 Å². The Labute approximate surface area is 203 Å². The van der Waals surface area contributed by atoms with E-state index in [1.165, 1.54) is 0 Å². The van der Waals surface area contributed by atoms with Crippen LogP contribution in [0, 0.1) is 13.8 Å². The molecule has 0 saturated carbocycles. The molecule has 2 heterocycles. The molecule has 0 amide bonds. The number of aryl methyl sites for hydroxylation is 2. The number of carbonyl (C=O) groups is 1. The van der Waals surface area contributed by atoms with E-state index >= 15 is 0 Å². The van der Waals surface area contributed by atoms with Crippen molar-refractivity contribution in [1.29, 1.82) is 0 Å². The number of halogens is 1. The monoisotopic (exact) mass is 473 g/mol. The second-order valence-corrected chi connectivity index (χ2v) is 9.88. The fourth-order valence-corrected chi connectivity index (χ4v) is 4.96. The normalized spacial score (nSPS) is 13.2. The Hall–Kier alpha value is -3.67. The van der Waals surface area contributed by atoms with Gasteiger partial charge in [0.1, 0.15) is 23.8 Å². The van der Waals surface area contributed by atoms with E-state index in [1.54, 1.807) is 20.0 Å². The summed E-state index contributed by atoms with van der Waals surface area (Å²) in [7, 11) is 0. The fraction of sp³-hybridized carbons (Fsp3) is 0.310. The molecule has 0 atom stereocenters. The molecule has 0 spiro atoms. The van der Waals surface area contributed by atoms with E-state index in [1.807, 2.05) is 44.2 Å². The van der Waals surface area contributed by atoms with Gasteiger partial charge in [0.25, 0.3) is 0 Å². The Balaban J connectivity index is 1.97. The quantitative estimate of drug-likeness (QED) is 0.353. The van der Waals surface area contributed by atoms with E-state index in [2.05, 4.69) is 6.07 Å². The minimum Gasteiger partial charge on any atom is -0.492 e. The maximum Gasteiger partial charge on any atom is 0.307 e. The van der Waals surface area contributed by atoms with Crippen LogP contribution in [0.5, 0.6) is 11.5 Å². The van der Waals surface area contributed by atoms with Gasteiger partial charge in [-0.15, -0.1) is 0 Å². The zero-order chi connectivity index (χ0) is 24.9. The maximum absolute atomic E-state index is 13.9. The van der Waals surface area contributed by atoms with Gasteiger partial charge in [0.2, 0.25) is 0 Å². The Kier molecular flexibility index (Phi) is 5.62. The van der Waals surface area contributed by atoms with Crippen LogP contribution in [0.3, 0.4) is 0 Å². The first-order valence-corrected chi connectivity index (χ1v) is 11.8. The second-order valence-electron chi connectivity index (χ2n) is 9.88. The molecule has 1 aromatic heterocycles. The highest BCUT2D eigenvalue weighted by atomic mass is 19.1. The van der Waals surface area contributed by atoms with Gasteiger partial charge in [0.15, 0.2) is 0 Å². The van der Waals surface area contributed by atoms with Gasteiger partial charge in [0, 0.05) is 24.1 Å². The average Bonchev–Trinajstić information content (AvgIpc) is 2.80. The number of rotatable bonds is 6. The first kappa shape index (κ1) is 23.1. The Morgan fingerprint density at radius 3 is 2.71 bits per heavy atom. The molecular formula is C29H28FNO4. The summed E-state index contributed by atoms with van der Waals surface area (Å²) in [6.45, 7) is 7.18. The molecule has 0 fully saturated rings. The van der Waals surface area contributed by atoms with Crippen molar-refractivity contribution in [2.75, 3.05) is 13.3 Å². The lowest BCUT2D eigenvalue weighted by Gasteiger charge is -2.29. The number of carboxylic acids is 1. The number of carboxylic acid groups (broad SMARTS) is 1. The van der Waals surface area contributed by atoms with E-state index in [0.717, 1.165) is 44.8 Å². The summed E-state index contributed by atoms with van der Waals surface area (Å²) in [6.07, 6.45) is 2.35. The fourth-order valence-electron chi connectivity index (χ4n) is 4.96. The van der Waals surface area contributed by atoms with Crippen LogP contribution in [-0.2, 0) is 17.6 Å². The average molecular weight is 474 g/mol. The summed E-state index contributed by atoms with van der Waals surface area (Å²) >= 11 is 0. The molecular weight excluding hydrogens is 445 g/mol. The molecule has 1 aliphatic heterocycles. The van der Waals surface area contributed by atoms with Crippen molar-refractivity contribution >= 4 is 27.6 Å². The van der Waals surface area contributed by atoms with Crippen molar-refractivity contribution < 1.29 is 23.8 Å². The molecule has 1 aliphatic rings. The van der Waals surface area contributed by atoms with Crippen molar-refractivity contribution in [3.63, 3.8) is 0 Å². The number of hydrogen-bond donors (Lipinski definition) is 1. The number of pyridine rings is 1. The first-order chi connectivity index (χ1) is 16.7. The predicted octanol–water partition coefficient (Wildman–Crippen LogP) is 6.36. The second kappa shape index (κ2) is 8.52. The minimum absolute atomic E-state index is 0.156. The van der Waals surface area contributed by atoms with Gasteiger partial charge in [-0.3, -0.25) is 9.78 Å². The smallest absolute Gasteiger partial charge is 0.307 e. The SMILES string of the molecule is Cc1ccc2c(-c3c(OC(C)(C)CF)cc4c5c(ccnc35)CCO4)c(CC(=O)O)c(C)cc2c1. The van der Waals surface area contributed by atoms with Gasteiger partial charge in [-0.25, -0.2) is 4.39 Å². The number of hydrogen-bond acceptors (Lipinski definition) is 4. The summed E-state index contributed by atoms with van der Waals surface area (Å²) in [5.41, 5.74) is 4.78.